The smallest absolute Gasteiger partial charge is 0.224 e. The van der Waals surface area contributed by atoms with E-state index in [0.717, 1.165) is 50.1 Å². The SMILES string of the molecule is NCC(CC(=O)N1CCCC1)N1CCc2ccc(F)cc21. The number of nitrogens with two attached hydrogens (primary N) is 1. The van der Waals surface area contributed by atoms with Crippen molar-refractivity contribution < 1.29 is 9.18 Å². The van der Waals surface area contributed by atoms with Gasteiger partial charge in [0.15, 0.2) is 0 Å². The number of benzene rings is 1. The van der Waals surface area contributed by atoms with Crippen molar-refractivity contribution in [3.8, 4) is 0 Å². The first-order chi connectivity index (χ1) is 10.2. The molecule has 1 aromatic carbocycles. The third-order valence-electron chi connectivity index (χ3n) is 4.56. The monoisotopic (exact) mass is 291 g/mol. The Bertz CT molecular complexity index is 528. The van der Waals surface area contributed by atoms with Gasteiger partial charge in [-0.25, -0.2) is 4.39 Å². The van der Waals surface area contributed by atoms with Crippen molar-refractivity contribution in [2.75, 3.05) is 31.1 Å². The summed E-state index contributed by atoms with van der Waals surface area (Å²) < 4.78 is 13.5. The number of carbonyl (C=O) groups excluding carboxylic acids is 1. The number of likely N-dealkylation sites (tertiary alicyclic amines) is 1. The van der Waals surface area contributed by atoms with Gasteiger partial charge >= 0.3 is 0 Å². The molecule has 4 nitrogen and oxygen atoms in total. The topological polar surface area (TPSA) is 49.6 Å². The van der Waals surface area contributed by atoms with Crippen LogP contribution in [0.5, 0.6) is 0 Å². The molecule has 0 radical (unpaired) electrons. The van der Waals surface area contributed by atoms with E-state index in [2.05, 4.69) is 4.90 Å². The van der Waals surface area contributed by atoms with Gasteiger partial charge < -0.3 is 15.5 Å². The van der Waals surface area contributed by atoms with Crippen LogP contribution >= 0.6 is 0 Å². The molecule has 2 aliphatic rings. The predicted molar refractivity (Wildman–Crippen MR) is 80.7 cm³/mol. The van der Waals surface area contributed by atoms with Crippen LogP contribution in [0.4, 0.5) is 10.1 Å². The van der Waals surface area contributed by atoms with Gasteiger partial charge in [-0.2, -0.15) is 0 Å². The molecule has 1 atom stereocenters. The molecule has 1 amide bonds. The molecule has 1 saturated heterocycles. The van der Waals surface area contributed by atoms with E-state index in [9.17, 15) is 9.18 Å². The minimum Gasteiger partial charge on any atom is -0.366 e. The number of anilines is 1. The molecule has 3 rings (SSSR count). The summed E-state index contributed by atoms with van der Waals surface area (Å²) in [5.41, 5.74) is 7.93. The maximum Gasteiger partial charge on any atom is 0.224 e. The van der Waals surface area contributed by atoms with Crippen LogP contribution in [-0.2, 0) is 11.2 Å². The molecule has 2 N–H and O–H groups in total. The number of hydrogen-bond donors (Lipinski definition) is 1. The number of rotatable bonds is 4. The Morgan fingerprint density at radius 2 is 2.05 bits per heavy atom. The van der Waals surface area contributed by atoms with Crippen molar-refractivity contribution >= 4 is 11.6 Å². The van der Waals surface area contributed by atoms with Crippen LogP contribution in [0.25, 0.3) is 0 Å². The Morgan fingerprint density at radius 3 is 2.76 bits per heavy atom. The minimum absolute atomic E-state index is 0.0406. The van der Waals surface area contributed by atoms with Gasteiger partial charge in [0.25, 0.3) is 0 Å². The third-order valence-corrected chi connectivity index (χ3v) is 4.56. The van der Waals surface area contributed by atoms with Gasteiger partial charge in [0.1, 0.15) is 5.82 Å². The van der Waals surface area contributed by atoms with Gasteiger partial charge in [0, 0.05) is 44.3 Å². The number of fused-ring (bicyclic) bond motifs is 1. The van der Waals surface area contributed by atoms with Crippen molar-refractivity contribution in [2.45, 2.75) is 31.7 Å². The lowest BCUT2D eigenvalue weighted by Crippen LogP contribution is -2.44. The first kappa shape index (κ1) is 14.3. The fraction of sp³-hybridized carbons (Fsp3) is 0.562. The van der Waals surface area contributed by atoms with Gasteiger partial charge in [-0.3, -0.25) is 4.79 Å². The molecule has 1 unspecified atom stereocenters. The summed E-state index contributed by atoms with van der Waals surface area (Å²) in [5.74, 6) is -0.0601. The maximum absolute atomic E-state index is 13.5. The van der Waals surface area contributed by atoms with Crippen molar-refractivity contribution in [3.05, 3.63) is 29.6 Å². The average Bonchev–Trinajstić information content (AvgIpc) is 3.13. The largest absolute Gasteiger partial charge is 0.366 e. The molecule has 2 heterocycles. The van der Waals surface area contributed by atoms with Crippen molar-refractivity contribution in [3.63, 3.8) is 0 Å². The summed E-state index contributed by atoms with van der Waals surface area (Å²) in [4.78, 5) is 16.3. The standard InChI is InChI=1S/C16H22FN3O/c17-13-4-3-12-5-8-20(15(12)9-13)14(11-18)10-16(21)19-6-1-2-7-19/h3-4,9,14H,1-2,5-8,10-11,18H2. The van der Waals surface area contributed by atoms with E-state index in [0.29, 0.717) is 13.0 Å². The lowest BCUT2D eigenvalue weighted by atomic mass is 10.1. The zero-order valence-corrected chi connectivity index (χ0v) is 12.2. The number of amides is 1. The molecule has 114 valence electrons. The Morgan fingerprint density at radius 1 is 1.29 bits per heavy atom. The molecule has 0 spiro atoms. The predicted octanol–water partition coefficient (Wildman–Crippen LogP) is 1.53. The van der Waals surface area contributed by atoms with E-state index >= 15 is 0 Å². The highest BCUT2D eigenvalue weighted by Crippen LogP contribution is 2.31. The highest BCUT2D eigenvalue weighted by atomic mass is 19.1. The van der Waals surface area contributed by atoms with Crippen LogP contribution in [0.3, 0.4) is 0 Å². The van der Waals surface area contributed by atoms with Crippen molar-refractivity contribution in [2.24, 2.45) is 5.73 Å². The highest BCUT2D eigenvalue weighted by molar-refractivity contribution is 5.78. The number of halogens is 1. The van der Waals surface area contributed by atoms with E-state index < -0.39 is 0 Å². The Labute approximate surface area is 124 Å². The molecule has 21 heavy (non-hydrogen) atoms. The molecule has 1 aromatic rings. The average molecular weight is 291 g/mol. The lowest BCUT2D eigenvalue weighted by Gasteiger charge is -2.30. The summed E-state index contributed by atoms with van der Waals surface area (Å²) in [6.45, 7) is 2.95. The van der Waals surface area contributed by atoms with Crippen LogP contribution < -0.4 is 10.6 Å². The number of nitrogens with zero attached hydrogens (tertiary/aromatic N) is 2. The summed E-state index contributed by atoms with van der Waals surface area (Å²) in [5, 5.41) is 0. The van der Waals surface area contributed by atoms with Crippen LogP contribution in [0.15, 0.2) is 18.2 Å². The zero-order chi connectivity index (χ0) is 14.8. The second kappa shape index (κ2) is 6.02. The molecule has 0 aromatic heterocycles. The van der Waals surface area contributed by atoms with Gasteiger partial charge in [-0.1, -0.05) is 6.07 Å². The van der Waals surface area contributed by atoms with Crippen LogP contribution in [0, 0.1) is 5.82 Å². The molecule has 1 fully saturated rings. The summed E-state index contributed by atoms with van der Waals surface area (Å²) in [7, 11) is 0. The Balaban J connectivity index is 1.73. The Hall–Kier alpha value is -1.62. The quantitative estimate of drug-likeness (QED) is 0.915. The summed E-state index contributed by atoms with van der Waals surface area (Å²) in [6.07, 6.45) is 3.50. The van der Waals surface area contributed by atoms with Crippen molar-refractivity contribution in [1.29, 1.82) is 0 Å². The molecule has 0 aliphatic carbocycles. The van der Waals surface area contributed by atoms with Crippen LogP contribution in [-0.4, -0.2) is 43.0 Å². The summed E-state index contributed by atoms with van der Waals surface area (Å²) >= 11 is 0. The maximum atomic E-state index is 13.5. The molecular formula is C16H22FN3O. The van der Waals surface area contributed by atoms with E-state index in [1.54, 1.807) is 6.07 Å². The molecular weight excluding hydrogens is 269 g/mol. The third kappa shape index (κ3) is 2.88. The van der Waals surface area contributed by atoms with Gasteiger partial charge in [-0.15, -0.1) is 0 Å². The van der Waals surface area contributed by atoms with Gasteiger partial charge in [0.2, 0.25) is 5.91 Å². The van der Waals surface area contributed by atoms with E-state index in [-0.39, 0.29) is 17.8 Å². The lowest BCUT2D eigenvalue weighted by molar-refractivity contribution is -0.130. The molecule has 0 saturated carbocycles. The second-order valence-corrected chi connectivity index (χ2v) is 5.90. The molecule has 5 heteroatoms. The van der Waals surface area contributed by atoms with Crippen LogP contribution in [0.1, 0.15) is 24.8 Å². The molecule has 0 bridgehead atoms. The Kier molecular flexibility index (Phi) is 4.10. The normalized spacial score (nSPS) is 19.0. The van der Waals surface area contributed by atoms with E-state index in [1.165, 1.54) is 6.07 Å². The first-order valence-corrected chi connectivity index (χ1v) is 7.72. The number of hydrogen-bond acceptors (Lipinski definition) is 3. The van der Waals surface area contributed by atoms with E-state index in [1.807, 2.05) is 11.0 Å². The molecule has 2 aliphatic heterocycles. The minimum atomic E-state index is -0.234. The van der Waals surface area contributed by atoms with Gasteiger partial charge in [0.05, 0.1) is 0 Å². The second-order valence-electron chi connectivity index (χ2n) is 5.90. The van der Waals surface area contributed by atoms with Gasteiger partial charge in [-0.05, 0) is 37.0 Å². The van der Waals surface area contributed by atoms with Crippen molar-refractivity contribution in [1.82, 2.24) is 4.90 Å². The zero-order valence-electron chi connectivity index (χ0n) is 12.2. The fourth-order valence-electron chi connectivity index (χ4n) is 3.37. The highest BCUT2D eigenvalue weighted by Gasteiger charge is 2.29. The van der Waals surface area contributed by atoms with E-state index in [4.69, 9.17) is 5.73 Å². The first-order valence-electron chi connectivity index (χ1n) is 7.72. The fourth-order valence-corrected chi connectivity index (χ4v) is 3.37. The summed E-state index contributed by atoms with van der Waals surface area (Å²) in [6, 6.07) is 4.85. The number of carbonyl (C=O) groups is 1. The van der Waals surface area contributed by atoms with Crippen LogP contribution in [0.2, 0.25) is 0 Å².